The molecule has 3 heteroatoms. The minimum atomic E-state index is 1.01. The number of hydrogen-bond donors (Lipinski definition) is 0. The van der Waals surface area contributed by atoms with E-state index in [1.54, 1.807) is 0 Å². The summed E-state index contributed by atoms with van der Waals surface area (Å²) in [5.74, 6) is 0. The molecule has 0 amide bonds. The molecule has 0 bridgehead atoms. The van der Waals surface area contributed by atoms with Crippen LogP contribution in [0, 0.1) is 0 Å². The molecular weight excluding hydrogens is 438 g/mol. The molecule has 0 unspecified atom stereocenters. The minimum Gasteiger partial charge on any atom is -0.308 e. The summed E-state index contributed by atoms with van der Waals surface area (Å²) >= 11 is 0. The molecule has 1 aliphatic rings. The van der Waals surface area contributed by atoms with Crippen molar-refractivity contribution in [2.45, 2.75) is 0 Å². The van der Waals surface area contributed by atoms with Crippen molar-refractivity contribution in [3.63, 3.8) is 0 Å². The molecule has 0 saturated carbocycles. The summed E-state index contributed by atoms with van der Waals surface area (Å²) in [6, 6.07) is 39.6. The molecule has 5 aromatic carbocycles. The molecule has 8 aromatic rings. The summed E-state index contributed by atoms with van der Waals surface area (Å²) in [4.78, 5) is 0. The lowest BCUT2D eigenvalue weighted by molar-refractivity contribution is 0.963. The molecule has 1 aliphatic carbocycles. The smallest absolute Gasteiger partial charge is 0.0933 e. The average molecular weight is 458 g/mol. The maximum atomic E-state index is 4.87. The quantitative estimate of drug-likeness (QED) is 0.243. The van der Waals surface area contributed by atoms with Gasteiger partial charge in [-0.25, -0.2) is 4.52 Å². The van der Waals surface area contributed by atoms with Crippen LogP contribution in [0.2, 0.25) is 0 Å². The molecule has 3 aromatic heterocycles. The average Bonchev–Trinajstić information content (AvgIpc) is 3.43. The lowest BCUT2D eigenvalue weighted by atomic mass is 9.93. The molecule has 0 saturated heterocycles. The Bertz CT molecular complexity index is 2110. The van der Waals surface area contributed by atoms with Gasteiger partial charge >= 0.3 is 0 Å². The second-order valence-electron chi connectivity index (χ2n) is 9.68. The fraction of sp³-hybridized carbons (Fsp3) is 0. The molecule has 0 fully saturated rings. The molecule has 36 heavy (non-hydrogen) atoms. The zero-order valence-electron chi connectivity index (χ0n) is 19.3. The highest BCUT2D eigenvalue weighted by Crippen LogP contribution is 2.49. The Kier molecular flexibility index (Phi) is 3.28. The van der Waals surface area contributed by atoms with Crippen LogP contribution in [-0.4, -0.2) is 14.2 Å². The Morgan fingerprint density at radius 3 is 1.78 bits per heavy atom. The van der Waals surface area contributed by atoms with Crippen LogP contribution in [0.1, 0.15) is 0 Å². The normalized spacial score (nSPS) is 12.4. The molecule has 0 radical (unpaired) electrons. The lowest BCUT2D eigenvalue weighted by Crippen LogP contribution is -1.97. The van der Waals surface area contributed by atoms with Crippen molar-refractivity contribution in [3.05, 3.63) is 115 Å². The maximum absolute atomic E-state index is 4.87. The third-order valence-electron chi connectivity index (χ3n) is 7.87. The first-order chi connectivity index (χ1) is 17.9. The summed E-state index contributed by atoms with van der Waals surface area (Å²) in [5.41, 5.74) is 10.9. The molecule has 0 N–H and O–H groups in total. The first-order valence-electron chi connectivity index (χ1n) is 12.3. The third kappa shape index (κ3) is 2.16. The summed E-state index contributed by atoms with van der Waals surface area (Å²) in [6.45, 7) is 0. The van der Waals surface area contributed by atoms with E-state index in [9.17, 15) is 0 Å². The second-order valence-corrected chi connectivity index (χ2v) is 9.68. The molecule has 9 rings (SSSR count). The van der Waals surface area contributed by atoms with Gasteiger partial charge in [0.2, 0.25) is 0 Å². The van der Waals surface area contributed by atoms with Gasteiger partial charge in [-0.3, -0.25) is 0 Å². The van der Waals surface area contributed by atoms with Gasteiger partial charge in [0.1, 0.15) is 0 Å². The van der Waals surface area contributed by atoms with Crippen molar-refractivity contribution in [3.8, 4) is 27.9 Å². The van der Waals surface area contributed by atoms with Gasteiger partial charge in [0.05, 0.1) is 34.0 Å². The van der Waals surface area contributed by atoms with Crippen LogP contribution in [0.25, 0.3) is 76.9 Å². The van der Waals surface area contributed by atoms with Gasteiger partial charge in [-0.2, -0.15) is 5.10 Å². The third-order valence-corrected chi connectivity index (χ3v) is 7.87. The topological polar surface area (TPSA) is 22.2 Å². The predicted molar refractivity (Wildman–Crippen MR) is 149 cm³/mol. The number of benzene rings is 5. The van der Waals surface area contributed by atoms with Gasteiger partial charge in [0.15, 0.2) is 0 Å². The predicted octanol–water partition coefficient (Wildman–Crippen LogP) is 8.39. The Morgan fingerprint density at radius 1 is 0.472 bits per heavy atom. The van der Waals surface area contributed by atoms with Gasteiger partial charge in [-0.05, 0) is 63.4 Å². The monoisotopic (exact) mass is 457 g/mol. The van der Waals surface area contributed by atoms with Crippen LogP contribution in [0.3, 0.4) is 0 Å². The van der Waals surface area contributed by atoms with E-state index < -0.39 is 0 Å². The molecular formula is C33H19N3. The fourth-order valence-corrected chi connectivity index (χ4v) is 6.43. The summed E-state index contributed by atoms with van der Waals surface area (Å²) in [5, 5.41) is 11.3. The van der Waals surface area contributed by atoms with Crippen molar-refractivity contribution in [1.29, 1.82) is 0 Å². The molecule has 0 spiro atoms. The number of aromatic nitrogens is 3. The molecule has 166 valence electrons. The SMILES string of the molecule is c1cc2c3c(cccc3c1)-c1cccc3c1c1c-2cccc1n3-c1ccc2c3ccccc3nn2c1. The van der Waals surface area contributed by atoms with E-state index in [-0.39, 0.29) is 0 Å². The van der Waals surface area contributed by atoms with Crippen molar-refractivity contribution in [1.82, 2.24) is 14.2 Å². The van der Waals surface area contributed by atoms with Crippen molar-refractivity contribution in [2.75, 3.05) is 0 Å². The Morgan fingerprint density at radius 2 is 1.08 bits per heavy atom. The van der Waals surface area contributed by atoms with E-state index in [0.29, 0.717) is 0 Å². The zero-order valence-corrected chi connectivity index (χ0v) is 19.3. The fourth-order valence-electron chi connectivity index (χ4n) is 6.43. The van der Waals surface area contributed by atoms with Gasteiger partial charge in [0, 0.05) is 16.2 Å². The van der Waals surface area contributed by atoms with Gasteiger partial charge in [-0.15, -0.1) is 0 Å². The maximum Gasteiger partial charge on any atom is 0.0933 e. The number of rotatable bonds is 1. The molecule has 3 heterocycles. The van der Waals surface area contributed by atoms with E-state index in [2.05, 4.69) is 114 Å². The highest BCUT2D eigenvalue weighted by molar-refractivity contribution is 6.27. The Balaban J connectivity index is 1.46. The van der Waals surface area contributed by atoms with E-state index >= 15 is 0 Å². The molecule has 3 nitrogen and oxygen atoms in total. The van der Waals surface area contributed by atoms with Gasteiger partial charge in [-0.1, -0.05) is 78.9 Å². The van der Waals surface area contributed by atoms with Crippen molar-refractivity contribution >= 4 is 49.0 Å². The lowest BCUT2D eigenvalue weighted by Gasteiger charge is -2.13. The van der Waals surface area contributed by atoms with Crippen LogP contribution in [0.5, 0.6) is 0 Å². The standard InChI is InChI=1S/C33H19N3/c1-2-14-27-26(9-1)28-18-17-21(19-35(28)34-27)36-29-15-5-12-24-22-10-3-7-20-8-4-11-23(31(20)22)25-13-6-16-30(36)33(25)32(24)29/h1-19H. The number of fused-ring (bicyclic) bond motifs is 5. The van der Waals surface area contributed by atoms with E-state index in [1.807, 2.05) is 10.6 Å². The van der Waals surface area contributed by atoms with Crippen LogP contribution < -0.4 is 0 Å². The summed E-state index contributed by atoms with van der Waals surface area (Å²) in [6.07, 6.45) is 2.16. The van der Waals surface area contributed by atoms with E-state index in [4.69, 9.17) is 5.10 Å². The van der Waals surface area contributed by atoms with E-state index in [1.165, 1.54) is 60.2 Å². The molecule has 0 atom stereocenters. The second kappa shape index (κ2) is 6.41. The largest absolute Gasteiger partial charge is 0.308 e. The summed E-state index contributed by atoms with van der Waals surface area (Å²) < 4.78 is 4.42. The first-order valence-corrected chi connectivity index (χ1v) is 12.3. The Labute approximate surface area is 206 Å². The zero-order chi connectivity index (χ0) is 23.4. The molecule has 0 aliphatic heterocycles. The van der Waals surface area contributed by atoms with Crippen LogP contribution in [0.15, 0.2) is 115 Å². The van der Waals surface area contributed by atoms with Crippen LogP contribution in [-0.2, 0) is 0 Å². The summed E-state index contributed by atoms with van der Waals surface area (Å²) in [7, 11) is 0. The first kappa shape index (κ1) is 18.4. The van der Waals surface area contributed by atoms with Crippen molar-refractivity contribution in [2.24, 2.45) is 0 Å². The minimum absolute atomic E-state index is 1.01. The van der Waals surface area contributed by atoms with Crippen LogP contribution in [0.4, 0.5) is 0 Å². The van der Waals surface area contributed by atoms with E-state index in [0.717, 1.165) is 16.7 Å². The highest BCUT2D eigenvalue weighted by Gasteiger charge is 2.24. The van der Waals surface area contributed by atoms with Gasteiger partial charge < -0.3 is 4.57 Å². The van der Waals surface area contributed by atoms with Crippen molar-refractivity contribution < 1.29 is 0 Å². The van der Waals surface area contributed by atoms with Gasteiger partial charge in [0.25, 0.3) is 0 Å². The highest BCUT2D eigenvalue weighted by atomic mass is 15.2. The number of nitrogens with zero attached hydrogens (tertiary/aromatic N) is 3. The van der Waals surface area contributed by atoms with Crippen LogP contribution >= 0.6 is 0 Å². The number of pyridine rings is 1. The number of hydrogen-bond acceptors (Lipinski definition) is 1. The Hall–Kier alpha value is -4.89.